The Morgan fingerprint density at radius 2 is 1.06 bits per heavy atom. The molecule has 4 unspecified atom stereocenters. The summed E-state index contributed by atoms with van der Waals surface area (Å²) in [7, 11) is 0. The lowest BCUT2D eigenvalue weighted by molar-refractivity contribution is -0.108. The largest absolute Gasteiger partial charge is 0.294 e. The minimum Gasteiger partial charge on any atom is -0.294 e. The minimum atomic E-state index is 0.940. The quantitative estimate of drug-likeness (QED) is 0.414. The van der Waals surface area contributed by atoms with Gasteiger partial charge in [-0.2, -0.15) is 0 Å². The molecule has 4 atom stereocenters. The van der Waals surface area contributed by atoms with E-state index < -0.39 is 0 Å². The molecule has 0 aromatic rings. The number of rotatable bonds is 5. The van der Waals surface area contributed by atoms with Gasteiger partial charge in [0, 0.05) is 18.1 Å². The monoisotopic (exact) mass is 439 g/mol. The van der Waals surface area contributed by atoms with E-state index >= 15 is 0 Å². The van der Waals surface area contributed by atoms with Gasteiger partial charge in [-0.3, -0.25) is 4.90 Å². The van der Waals surface area contributed by atoms with E-state index in [9.17, 15) is 0 Å². The molecule has 1 nitrogen and oxygen atoms in total. The summed E-state index contributed by atoms with van der Waals surface area (Å²) in [6.45, 7) is 2.40. The van der Waals surface area contributed by atoms with Crippen LogP contribution in [0.1, 0.15) is 135 Å². The first-order valence-corrected chi connectivity index (χ1v) is 15.6. The molecule has 6 saturated carbocycles. The Morgan fingerprint density at radius 3 is 1.69 bits per heavy atom. The smallest absolute Gasteiger partial charge is 0.0107 e. The summed E-state index contributed by atoms with van der Waals surface area (Å²) >= 11 is 0. The molecule has 0 heterocycles. The van der Waals surface area contributed by atoms with Crippen LogP contribution in [0.2, 0.25) is 0 Å². The van der Waals surface area contributed by atoms with Crippen molar-refractivity contribution in [3.8, 4) is 0 Å². The minimum absolute atomic E-state index is 0.940. The predicted octanol–water partition coefficient (Wildman–Crippen LogP) is 8.61. The molecule has 0 aromatic carbocycles. The third kappa shape index (κ3) is 4.24. The van der Waals surface area contributed by atoms with Crippen LogP contribution in [0.5, 0.6) is 0 Å². The van der Waals surface area contributed by atoms with E-state index in [0.29, 0.717) is 0 Å². The first kappa shape index (κ1) is 22.4. The van der Waals surface area contributed by atoms with Crippen LogP contribution in [-0.4, -0.2) is 23.0 Å². The molecule has 6 aliphatic rings. The fraction of sp³-hybridized carbons (Fsp3) is 1.00. The Morgan fingerprint density at radius 1 is 0.500 bits per heavy atom. The summed E-state index contributed by atoms with van der Waals surface area (Å²) in [5, 5.41) is 0. The average Bonchev–Trinajstić information content (AvgIpc) is 2.85. The fourth-order valence-corrected chi connectivity index (χ4v) is 11.0. The molecule has 0 saturated heterocycles. The summed E-state index contributed by atoms with van der Waals surface area (Å²) in [6.07, 6.45) is 31.0. The van der Waals surface area contributed by atoms with E-state index in [-0.39, 0.29) is 0 Å². The molecule has 0 bridgehead atoms. The molecule has 6 fully saturated rings. The summed E-state index contributed by atoms with van der Waals surface area (Å²) in [4.78, 5) is 3.27. The molecule has 1 heteroatoms. The Kier molecular flexibility index (Phi) is 6.94. The zero-order valence-electron chi connectivity index (χ0n) is 21.4. The predicted molar refractivity (Wildman–Crippen MR) is 136 cm³/mol. The van der Waals surface area contributed by atoms with Gasteiger partial charge in [0.25, 0.3) is 0 Å². The van der Waals surface area contributed by atoms with Crippen LogP contribution >= 0.6 is 0 Å². The standard InChI is InChI=1S/C31H53N/c1-2-7-22-12-18-28(19-13-22)32(27-10-4-3-5-11-27)29-20-25-16-14-23-8-6-9-24-15-17-26(21-29)31(25)30(23)24/h22-31H,2-21H2,1H3. The lowest BCUT2D eigenvalue weighted by Crippen LogP contribution is -2.58. The lowest BCUT2D eigenvalue weighted by Gasteiger charge is -2.60. The molecule has 0 spiro atoms. The average molecular weight is 440 g/mol. The highest BCUT2D eigenvalue weighted by Crippen LogP contribution is 2.60. The Hall–Kier alpha value is -0.0400. The van der Waals surface area contributed by atoms with Gasteiger partial charge in [-0.1, -0.05) is 58.3 Å². The van der Waals surface area contributed by atoms with Crippen LogP contribution in [0.4, 0.5) is 0 Å². The molecular weight excluding hydrogens is 386 g/mol. The maximum Gasteiger partial charge on any atom is 0.0107 e. The van der Waals surface area contributed by atoms with Gasteiger partial charge in [-0.15, -0.1) is 0 Å². The number of hydrogen-bond acceptors (Lipinski definition) is 1. The van der Waals surface area contributed by atoms with Crippen LogP contribution in [0.15, 0.2) is 0 Å². The molecule has 0 aliphatic heterocycles. The van der Waals surface area contributed by atoms with Gasteiger partial charge in [-0.25, -0.2) is 0 Å². The van der Waals surface area contributed by atoms with Crippen molar-refractivity contribution < 1.29 is 0 Å². The van der Waals surface area contributed by atoms with Crippen molar-refractivity contribution >= 4 is 0 Å². The van der Waals surface area contributed by atoms with Gasteiger partial charge in [-0.05, 0) is 118 Å². The topological polar surface area (TPSA) is 3.24 Å². The second-order valence-corrected chi connectivity index (χ2v) is 13.6. The van der Waals surface area contributed by atoms with Gasteiger partial charge >= 0.3 is 0 Å². The van der Waals surface area contributed by atoms with E-state index in [1.165, 1.54) is 70.6 Å². The van der Waals surface area contributed by atoms with E-state index in [4.69, 9.17) is 0 Å². The summed E-state index contributed by atoms with van der Waals surface area (Å²) in [5.74, 6) is 7.84. The summed E-state index contributed by atoms with van der Waals surface area (Å²) < 4.78 is 0. The molecule has 0 aromatic heterocycles. The van der Waals surface area contributed by atoms with Gasteiger partial charge in [0.15, 0.2) is 0 Å². The van der Waals surface area contributed by atoms with Crippen LogP contribution < -0.4 is 0 Å². The molecule has 0 amide bonds. The maximum atomic E-state index is 3.27. The fourth-order valence-electron chi connectivity index (χ4n) is 11.0. The zero-order chi connectivity index (χ0) is 21.5. The zero-order valence-corrected chi connectivity index (χ0v) is 21.4. The van der Waals surface area contributed by atoms with Gasteiger partial charge < -0.3 is 0 Å². The van der Waals surface area contributed by atoms with Crippen molar-refractivity contribution in [2.24, 2.45) is 41.4 Å². The Balaban J connectivity index is 1.20. The van der Waals surface area contributed by atoms with Crippen molar-refractivity contribution in [3.63, 3.8) is 0 Å². The van der Waals surface area contributed by atoms with Crippen LogP contribution in [-0.2, 0) is 0 Å². The number of nitrogens with zero attached hydrogens (tertiary/aromatic N) is 1. The van der Waals surface area contributed by atoms with Crippen molar-refractivity contribution in [2.75, 3.05) is 0 Å². The molecule has 6 rings (SSSR count). The summed E-state index contributed by atoms with van der Waals surface area (Å²) in [6, 6.07) is 2.84. The van der Waals surface area contributed by atoms with Crippen molar-refractivity contribution in [1.82, 2.24) is 4.90 Å². The lowest BCUT2D eigenvalue weighted by atomic mass is 9.47. The first-order valence-electron chi connectivity index (χ1n) is 15.6. The molecule has 0 radical (unpaired) electrons. The van der Waals surface area contributed by atoms with Crippen molar-refractivity contribution in [1.29, 1.82) is 0 Å². The van der Waals surface area contributed by atoms with E-state index in [2.05, 4.69) is 11.8 Å². The van der Waals surface area contributed by atoms with Crippen LogP contribution in [0.3, 0.4) is 0 Å². The first-order chi connectivity index (χ1) is 15.8. The molecule has 182 valence electrons. The maximum absolute atomic E-state index is 3.27. The Bertz CT molecular complexity index is 574. The molecule has 6 aliphatic carbocycles. The van der Waals surface area contributed by atoms with Gasteiger partial charge in [0.2, 0.25) is 0 Å². The van der Waals surface area contributed by atoms with E-state index in [1.54, 1.807) is 57.8 Å². The molecule has 32 heavy (non-hydrogen) atoms. The van der Waals surface area contributed by atoms with Crippen LogP contribution in [0.25, 0.3) is 0 Å². The van der Waals surface area contributed by atoms with E-state index in [1.807, 2.05) is 0 Å². The van der Waals surface area contributed by atoms with Gasteiger partial charge in [0.1, 0.15) is 0 Å². The van der Waals surface area contributed by atoms with Crippen LogP contribution in [0, 0.1) is 41.4 Å². The van der Waals surface area contributed by atoms with E-state index in [0.717, 1.165) is 59.6 Å². The summed E-state index contributed by atoms with van der Waals surface area (Å²) in [5.41, 5.74) is 0. The van der Waals surface area contributed by atoms with Crippen molar-refractivity contribution in [2.45, 2.75) is 153 Å². The molecule has 0 N–H and O–H groups in total. The normalized spacial score (nSPS) is 47.2. The third-order valence-electron chi connectivity index (χ3n) is 12.1. The van der Waals surface area contributed by atoms with Crippen molar-refractivity contribution in [3.05, 3.63) is 0 Å². The highest BCUT2D eigenvalue weighted by Gasteiger charge is 2.53. The number of hydrogen-bond donors (Lipinski definition) is 0. The highest BCUT2D eigenvalue weighted by molar-refractivity contribution is 5.04. The van der Waals surface area contributed by atoms with Gasteiger partial charge in [0.05, 0.1) is 0 Å². The highest BCUT2D eigenvalue weighted by atomic mass is 15.2. The molecular formula is C31H53N. The second kappa shape index (κ2) is 9.91. The Labute approximate surface area is 199 Å². The third-order valence-corrected chi connectivity index (χ3v) is 12.1. The second-order valence-electron chi connectivity index (χ2n) is 13.6. The SMILES string of the molecule is CCCC1CCC(N(C2CCCCC2)C2CC3CCC4CCCC5CCC(C2)C3C45)CC1.